The lowest BCUT2D eigenvalue weighted by molar-refractivity contribution is -0.0674. The number of ether oxygens (including phenoxy) is 8. The molecule has 264 valence electrons. The number of rotatable bonds is 34. The van der Waals surface area contributed by atoms with Gasteiger partial charge in [-0.2, -0.15) is 0 Å². The van der Waals surface area contributed by atoms with Gasteiger partial charge in [-0.1, -0.05) is 6.08 Å². The third-order valence-corrected chi connectivity index (χ3v) is 6.43. The van der Waals surface area contributed by atoms with Crippen LogP contribution in [0.4, 0.5) is 0 Å². The summed E-state index contributed by atoms with van der Waals surface area (Å²) < 4.78 is 44.0. The van der Waals surface area contributed by atoms with Crippen LogP contribution in [0.15, 0.2) is 12.7 Å². The molecule has 6 N–H and O–H groups in total. The molecule has 0 aromatic carbocycles. The van der Waals surface area contributed by atoms with Crippen molar-refractivity contribution in [3.05, 3.63) is 12.7 Å². The first kappa shape index (κ1) is 43.2. The molecule has 0 rings (SSSR count). The topological polar surface area (TPSA) is 181 Å². The predicted octanol–water partition coefficient (Wildman–Crippen LogP) is 0.827. The van der Waals surface area contributed by atoms with Crippen LogP contribution in [0.25, 0.3) is 0 Å². The molecule has 13 heteroatoms. The van der Waals surface area contributed by atoms with Crippen LogP contribution in [0, 0.1) is 0 Å². The van der Waals surface area contributed by atoms with E-state index in [9.17, 15) is 15.3 Å². The Morgan fingerprint density at radius 3 is 1.66 bits per heavy atom. The van der Waals surface area contributed by atoms with Gasteiger partial charge < -0.3 is 64.1 Å². The molecule has 0 spiro atoms. The van der Waals surface area contributed by atoms with Crippen LogP contribution in [-0.4, -0.2) is 156 Å². The second kappa shape index (κ2) is 28.4. The zero-order valence-electron chi connectivity index (χ0n) is 27.5. The Labute approximate surface area is 264 Å². The molecular weight excluding hydrogens is 578 g/mol. The van der Waals surface area contributed by atoms with E-state index < -0.39 is 23.9 Å². The molecule has 0 saturated heterocycles. The molecule has 0 amide bonds. The Morgan fingerprint density at radius 1 is 0.614 bits per heavy atom. The first-order valence-corrected chi connectivity index (χ1v) is 15.8. The van der Waals surface area contributed by atoms with Crippen LogP contribution < -0.4 is 5.73 Å². The highest BCUT2D eigenvalue weighted by Crippen LogP contribution is 2.21. The van der Waals surface area contributed by atoms with Crippen molar-refractivity contribution in [2.75, 3.05) is 106 Å². The summed E-state index contributed by atoms with van der Waals surface area (Å²) in [5.41, 5.74) is 5.22. The molecule has 13 nitrogen and oxygen atoms in total. The Balaban J connectivity index is 3.84. The summed E-state index contributed by atoms with van der Waals surface area (Å²) in [7, 11) is 0. The largest absolute Gasteiger partial charge is 0.394 e. The number of aliphatic hydroxyl groups is 4. The molecule has 4 atom stereocenters. The van der Waals surface area contributed by atoms with Crippen molar-refractivity contribution < 1.29 is 58.3 Å². The molecular formula is C31H63NO12. The summed E-state index contributed by atoms with van der Waals surface area (Å²) in [5.74, 6) is 0. The van der Waals surface area contributed by atoms with Crippen LogP contribution >= 0.6 is 0 Å². The third-order valence-electron chi connectivity index (χ3n) is 6.43. The zero-order valence-corrected chi connectivity index (χ0v) is 27.5. The summed E-state index contributed by atoms with van der Waals surface area (Å²) in [6.07, 6.45) is 3.23. The van der Waals surface area contributed by atoms with Gasteiger partial charge in [0.1, 0.15) is 18.3 Å². The van der Waals surface area contributed by atoms with E-state index in [1.165, 1.54) is 0 Å². The summed E-state index contributed by atoms with van der Waals surface area (Å²) in [6.45, 7) is 14.2. The van der Waals surface area contributed by atoms with Crippen molar-refractivity contribution in [2.45, 2.75) is 82.4 Å². The standard InChI is InChI=1S/C31H63NO12/c1-5-12-37-18-19-41-23-29(36)25-42-24-28(35)21-38-13-6-9-30(2,3)43-15-7-10-31(4,26-32)44-16-8-14-39-20-27(34)22-40-17-11-33/h5,27-29,33-36H,1,6-26,32H2,2-4H3. The number of nitrogens with two attached hydrogens (primary N) is 1. The Kier molecular flexibility index (Phi) is 27.9. The maximum atomic E-state index is 10.0. The summed E-state index contributed by atoms with van der Waals surface area (Å²) >= 11 is 0. The van der Waals surface area contributed by atoms with Crippen LogP contribution in [0.3, 0.4) is 0 Å². The Morgan fingerprint density at radius 2 is 1.09 bits per heavy atom. The van der Waals surface area contributed by atoms with Crippen molar-refractivity contribution in [1.82, 2.24) is 0 Å². The van der Waals surface area contributed by atoms with E-state index in [0.29, 0.717) is 59.2 Å². The summed E-state index contributed by atoms with van der Waals surface area (Å²) in [5, 5.41) is 38.3. The van der Waals surface area contributed by atoms with E-state index in [4.69, 9.17) is 48.7 Å². The predicted molar refractivity (Wildman–Crippen MR) is 167 cm³/mol. The van der Waals surface area contributed by atoms with E-state index in [0.717, 1.165) is 25.7 Å². The average Bonchev–Trinajstić information content (AvgIpc) is 2.99. The molecule has 0 aliphatic heterocycles. The second-order valence-corrected chi connectivity index (χ2v) is 11.6. The van der Waals surface area contributed by atoms with Gasteiger partial charge in [0.05, 0.1) is 83.9 Å². The minimum absolute atomic E-state index is 0.0671. The van der Waals surface area contributed by atoms with Gasteiger partial charge in [0.15, 0.2) is 0 Å². The van der Waals surface area contributed by atoms with E-state index in [2.05, 4.69) is 6.58 Å². The van der Waals surface area contributed by atoms with E-state index in [1.807, 2.05) is 20.8 Å². The summed E-state index contributed by atoms with van der Waals surface area (Å²) in [6, 6.07) is 0. The number of hydrogen-bond donors (Lipinski definition) is 5. The van der Waals surface area contributed by atoms with E-state index >= 15 is 0 Å². The molecule has 0 aromatic heterocycles. The van der Waals surface area contributed by atoms with Crippen molar-refractivity contribution in [3.8, 4) is 0 Å². The highest BCUT2D eigenvalue weighted by Gasteiger charge is 2.24. The van der Waals surface area contributed by atoms with Crippen molar-refractivity contribution in [3.63, 3.8) is 0 Å². The van der Waals surface area contributed by atoms with Gasteiger partial charge in [-0.25, -0.2) is 0 Å². The van der Waals surface area contributed by atoms with Crippen molar-refractivity contribution in [1.29, 1.82) is 0 Å². The molecule has 0 aromatic rings. The molecule has 0 bridgehead atoms. The van der Waals surface area contributed by atoms with Crippen molar-refractivity contribution in [2.24, 2.45) is 5.73 Å². The van der Waals surface area contributed by atoms with Gasteiger partial charge in [-0.05, 0) is 52.9 Å². The highest BCUT2D eigenvalue weighted by atomic mass is 16.5. The Bertz CT molecular complexity index is 645. The molecule has 0 saturated carbocycles. The van der Waals surface area contributed by atoms with E-state index in [-0.39, 0.29) is 58.5 Å². The summed E-state index contributed by atoms with van der Waals surface area (Å²) in [4.78, 5) is 0. The molecule has 0 aliphatic rings. The fourth-order valence-electron chi connectivity index (χ4n) is 3.89. The third kappa shape index (κ3) is 27.5. The maximum absolute atomic E-state index is 10.0. The molecule has 44 heavy (non-hydrogen) atoms. The average molecular weight is 642 g/mol. The van der Waals surface area contributed by atoms with Gasteiger partial charge in [-0.3, -0.25) is 0 Å². The monoisotopic (exact) mass is 641 g/mol. The normalized spacial score (nSPS) is 15.6. The van der Waals surface area contributed by atoms with Gasteiger partial charge >= 0.3 is 0 Å². The molecule has 4 unspecified atom stereocenters. The van der Waals surface area contributed by atoms with Gasteiger partial charge in [-0.15, -0.1) is 6.58 Å². The number of hydrogen-bond acceptors (Lipinski definition) is 13. The molecule has 0 radical (unpaired) electrons. The maximum Gasteiger partial charge on any atom is 0.101 e. The molecule has 0 heterocycles. The van der Waals surface area contributed by atoms with E-state index in [1.54, 1.807) is 6.08 Å². The van der Waals surface area contributed by atoms with Crippen LogP contribution in [0.5, 0.6) is 0 Å². The minimum atomic E-state index is -0.776. The van der Waals surface area contributed by atoms with Crippen LogP contribution in [0.2, 0.25) is 0 Å². The fourth-order valence-corrected chi connectivity index (χ4v) is 3.89. The first-order valence-electron chi connectivity index (χ1n) is 15.8. The molecule has 0 aliphatic carbocycles. The lowest BCUT2D eigenvalue weighted by Gasteiger charge is -2.30. The van der Waals surface area contributed by atoms with Crippen molar-refractivity contribution >= 4 is 0 Å². The van der Waals surface area contributed by atoms with Gasteiger partial charge in [0.25, 0.3) is 0 Å². The van der Waals surface area contributed by atoms with Crippen LogP contribution in [-0.2, 0) is 37.9 Å². The lowest BCUT2D eigenvalue weighted by atomic mass is 9.99. The smallest absolute Gasteiger partial charge is 0.101 e. The highest BCUT2D eigenvalue weighted by molar-refractivity contribution is 4.77. The second-order valence-electron chi connectivity index (χ2n) is 11.6. The van der Waals surface area contributed by atoms with Gasteiger partial charge in [0, 0.05) is 33.0 Å². The number of aliphatic hydroxyl groups excluding tert-OH is 4. The Hall–Kier alpha value is -0.780. The van der Waals surface area contributed by atoms with Gasteiger partial charge in [0.2, 0.25) is 0 Å². The quantitative estimate of drug-likeness (QED) is 0.0493. The fraction of sp³-hybridized carbons (Fsp3) is 0.935. The van der Waals surface area contributed by atoms with Crippen LogP contribution in [0.1, 0.15) is 52.9 Å². The molecule has 0 fully saturated rings. The SMILES string of the molecule is C=CCOCCOCC(O)COCC(O)COCCCC(C)(C)OCCCC(C)(CN)OCCCOCC(O)COCCO. The zero-order chi connectivity index (χ0) is 32.9. The minimum Gasteiger partial charge on any atom is -0.394 e. The lowest BCUT2D eigenvalue weighted by Crippen LogP contribution is -2.38. The first-order chi connectivity index (χ1) is 21.1.